The summed E-state index contributed by atoms with van der Waals surface area (Å²) in [5.74, 6) is 0. The Morgan fingerprint density at radius 2 is 0.863 bits per heavy atom. The molecule has 4 nitrogen and oxygen atoms in total. The lowest BCUT2D eigenvalue weighted by Crippen LogP contribution is -3.00. The van der Waals surface area contributed by atoms with Crippen LogP contribution in [0.3, 0.4) is 0 Å². The van der Waals surface area contributed by atoms with Gasteiger partial charge in [-0.25, -0.2) is 0 Å². The van der Waals surface area contributed by atoms with Crippen molar-refractivity contribution in [3.63, 3.8) is 0 Å². The van der Waals surface area contributed by atoms with Crippen molar-refractivity contribution in [3.05, 3.63) is 24.3 Å². The van der Waals surface area contributed by atoms with Crippen LogP contribution in [-0.4, -0.2) is 76.1 Å². The number of quaternary nitrogens is 1. The molecule has 0 rings (SSSR count). The average Bonchev–Trinajstić information content (AvgIpc) is 3.10. The Hall–Kier alpha value is 0.280. The van der Waals surface area contributed by atoms with E-state index in [4.69, 9.17) is 14.2 Å². The van der Waals surface area contributed by atoms with E-state index in [1.165, 1.54) is 173 Å². The summed E-state index contributed by atoms with van der Waals surface area (Å²) in [5.41, 5.74) is 0. The molecule has 0 aromatic carbocycles. The van der Waals surface area contributed by atoms with Crippen LogP contribution in [0.4, 0.5) is 0 Å². The summed E-state index contributed by atoms with van der Waals surface area (Å²) in [5, 5.41) is 0.896. The quantitative estimate of drug-likeness (QED) is 0.0265. The molecule has 51 heavy (non-hydrogen) atoms. The summed E-state index contributed by atoms with van der Waals surface area (Å²) in [7, 11) is 4.59. The van der Waals surface area contributed by atoms with E-state index in [0.29, 0.717) is 6.61 Å². The third kappa shape index (κ3) is 44.6. The summed E-state index contributed by atoms with van der Waals surface area (Å²) < 4.78 is 19.3. The van der Waals surface area contributed by atoms with Crippen LogP contribution in [0.15, 0.2) is 24.3 Å². The molecule has 0 saturated carbocycles. The van der Waals surface area contributed by atoms with E-state index in [1.54, 1.807) is 0 Å². The van der Waals surface area contributed by atoms with Crippen molar-refractivity contribution in [3.8, 4) is 0 Å². The van der Waals surface area contributed by atoms with Crippen LogP contribution in [0.1, 0.15) is 194 Å². The lowest BCUT2D eigenvalue weighted by molar-refractivity contribution is -0.893. The van der Waals surface area contributed by atoms with Crippen LogP contribution in [0.2, 0.25) is 0 Å². The maximum Gasteiger partial charge on any atom is 0.130 e. The van der Waals surface area contributed by atoms with Crippen molar-refractivity contribution in [1.82, 2.24) is 0 Å². The van der Waals surface area contributed by atoms with E-state index in [2.05, 4.69) is 68.2 Å². The van der Waals surface area contributed by atoms with Gasteiger partial charge in [-0.3, -0.25) is 0 Å². The van der Waals surface area contributed by atoms with Crippen LogP contribution in [0.25, 0.3) is 0 Å². The summed E-state index contributed by atoms with van der Waals surface area (Å²) in [6.07, 6.45) is 47.3. The van der Waals surface area contributed by atoms with Gasteiger partial charge in [0, 0.05) is 18.5 Å². The molecule has 306 valence electrons. The van der Waals surface area contributed by atoms with Crippen molar-refractivity contribution < 1.29 is 35.7 Å². The minimum atomic E-state index is 0. The predicted octanol–water partition coefficient (Wildman–Crippen LogP) is 11.0. The van der Waals surface area contributed by atoms with Crippen LogP contribution in [0.5, 0.6) is 0 Å². The fraction of sp³-hybridized carbons (Fsp3) is 0.911. The van der Waals surface area contributed by atoms with Gasteiger partial charge in [-0.05, 0) is 64.2 Å². The molecule has 1 atom stereocenters. The predicted molar refractivity (Wildman–Crippen MR) is 226 cm³/mol. The Morgan fingerprint density at radius 3 is 1.29 bits per heavy atom. The molecule has 0 aliphatic heterocycles. The first kappa shape index (κ1) is 53.4. The van der Waals surface area contributed by atoms with E-state index in [1.807, 2.05) is 0 Å². The Labute approximate surface area is 339 Å². The number of likely N-dealkylation sites (N-methyl/N-ethyl adjacent to an activating group) is 1. The van der Waals surface area contributed by atoms with Gasteiger partial charge in [-0.1, -0.05) is 170 Å². The van der Waals surface area contributed by atoms with Gasteiger partial charge >= 0.3 is 0 Å². The van der Waals surface area contributed by atoms with Crippen LogP contribution < -0.4 is 17.0 Å². The van der Waals surface area contributed by atoms with E-state index >= 15 is 0 Å². The summed E-state index contributed by atoms with van der Waals surface area (Å²) in [6.45, 7) is 10.5. The Bertz CT molecular complexity index is 703. The molecule has 0 aliphatic rings. The number of hydrogen-bond donors (Lipinski definition) is 0. The highest BCUT2D eigenvalue weighted by atomic mass is 79.9. The molecule has 0 radical (unpaired) electrons. The van der Waals surface area contributed by atoms with Crippen LogP contribution >= 0.6 is 15.9 Å². The number of hydrogen-bond acceptors (Lipinski definition) is 3. The molecule has 0 aromatic heterocycles. The molecule has 0 N–H and O–H groups in total. The second-order valence-corrected chi connectivity index (χ2v) is 16.4. The maximum absolute atomic E-state index is 6.45. The fourth-order valence-corrected chi connectivity index (χ4v) is 6.76. The maximum atomic E-state index is 6.45. The van der Waals surface area contributed by atoms with Crippen molar-refractivity contribution in [2.45, 2.75) is 200 Å². The summed E-state index contributed by atoms with van der Waals surface area (Å²) in [4.78, 5) is 0. The number of allylic oxidation sites excluding steroid dienone is 4. The molecular formula is C45H89Br2NO3. The van der Waals surface area contributed by atoms with Gasteiger partial charge in [-0.2, -0.15) is 0 Å². The lowest BCUT2D eigenvalue weighted by Gasteiger charge is -2.33. The molecule has 0 bridgehead atoms. The number of ether oxygens (including phenoxy) is 3. The average molecular weight is 852 g/mol. The standard InChI is InChI=1S/C45H89BrNO3.BrH/c1-5-7-9-11-13-15-17-19-21-23-25-27-29-31-33-35-39-49-44-45(43-47(3,4)38-42-48-41-37-46)50-40-36-34-32-30-28-26-24-22-20-18-16-14-12-10-8-6-2;/h19-22,45H,5-18,23-44H2,1-4H3;1H/q+1;/p-1/b21-19-,22-20-;. The highest BCUT2D eigenvalue weighted by Crippen LogP contribution is 2.13. The zero-order chi connectivity index (χ0) is 36.5. The SMILES string of the molecule is CCCCCCCC/C=C\CCCCCCCCOCC(C[N+](C)(C)CCOCCBr)OCCCCCCCC/C=C\CCCCCCCC.[Br-]. The lowest BCUT2D eigenvalue weighted by atomic mass is 10.1. The van der Waals surface area contributed by atoms with Gasteiger partial charge in [0.15, 0.2) is 0 Å². The first-order chi connectivity index (χ1) is 24.6. The van der Waals surface area contributed by atoms with Gasteiger partial charge in [-0.15, -0.1) is 0 Å². The zero-order valence-corrected chi connectivity index (χ0v) is 37.9. The van der Waals surface area contributed by atoms with Gasteiger partial charge in [0.25, 0.3) is 0 Å². The Balaban J connectivity index is 0. The second kappa shape index (κ2) is 44.7. The summed E-state index contributed by atoms with van der Waals surface area (Å²) in [6, 6.07) is 0. The van der Waals surface area contributed by atoms with E-state index in [0.717, 1.165) is 55.8 Å². The molecule has 0 fully saturated rings. The second-order valence-electron chi connectivity index (χ2n) is 15.6. The Morgan fingerprint density at radius 1 is 0.471 bits per heavy atom. The molecule has 0 saturated heterocycles. The molecule has 0 aliphatic carbocycles. The van der Waals surface area contributed by atoms with E-state index < -0.39 is 0 Å². The van der Waals surface area contributed by atoms with Gasteiger partial charge in [0.2, 0.25) is 0 Å². The fourth-order valence-electron chi connectivity index (χ4n) is 6.53. The van der Waals surface area contributed by atoms with Crippen molar-refractivity contribution in [1.29, 1.82) is 0 Å². The molecule has 0 heterocycles. The third-order valence-electron chi connectivity index (χ3n) is 9.87. The van der Waals surface area contributed by atoms with Crippen molar-refractivity contribution >= 4 is 15.9 Å². The van der Waals surface area contributed by atoms with Gasteiger partial charge in [0.05, 0.1) is 33.9 Å². The normalized spacial score (nSPS) is 12.7. The largest absolute Gasteiger partial charge is 1.00 e. The van der Waals surface area contributed by atoms with Gasteiger partial charge < -0.3 is 35.7 Å². The molecule has 0 spiro atoms. The highest BCUT2D eigenvalue weighted by Gasteiger charge is 2.23. The zero-order valence-electron chi connectivity index (χ0n) is 34.8. The van der Waals surface area contributed by atoms with Crippen LogP contribution in [-0.2, 0) is 14.2 Å². The molecule has 0 aromatic rings. The number of unbranched alkanes of at least 4 members (excludes halogenated alkanes) is 24. The number of halogens is 2. The van der Waals surface area contributed by atoms with Crippen LogP contribution in [0, 0.1) is 0 Å². The molecule has 6 heteroatoms. The summed E-state index contributed by atoms with van der Waals surface area (Å²) >= 11 is 3.46. The first-order valence-corrected chi connectivity index (χ1v) is 23.1. The minimum Gasteiger partial charge on any atom is -1.00 e. The molecule has 1 unspecified atom stereocenters. The Kier molecular flexibility index (Phi) is 46.8. The first-order valence-electron chi connectivity index (χ1n) is 22.0. The van der Waals surface area contributed by atoms with E-state index in [-0.39, 0.29) is 23.1 Å². The number of nitrogens with zero attached hydrogens (tertiary/aromatic N) is 1. The topological polar surface area (TPSA) is 27.7 Å². The number of rotatable bonds is 42. The smallest absolute Gasteiger partial charge is 0.130 e. The number of alkyl halides is 1. The van der Waals surface area contributed by atoms with Crippen molar-refractivity contribution in [2.24, 2.45) is 0 Å². The molecular weight excluding hydrogens is 762 g/mol. The van der Waals surface area contributed by atoms with Gasteiger partial charge in [0.1, 0.15) is 19.2 Å². The minimum absolute atomic E-state index is 0. The van der Waals surface area contributed by atoms with E-state index in [9.17, 15) is 0 Å². The third-order valence-corrected chi connectivity index (χ3v) is 10.2. The monoisotopic (exact) mass is 850 g/mol. The molecule has 0 amide bonds. The van der Waals surface area contributed by atoms with Crippen molar-refractivity contribution in [2.75, 3.05) is 65.5 Å². The highest BCUT2D eigenvalue weighted by molar-refractivity contribution is 9.09.